The van der Waals surface area contributed by atoms with Crippen LogP contribution >= 0.6 is 0 Å². The highest BCUT2D eigenvalue weighted by Crippen LogP contribution is 2.13. The van der Waals surface area contributed by atoms with Crippen molar-refractivity contribution in [2.75, 3.05) is 19.5 Å². The van der Waals surface area contributed by atoms with E-state index in [1.54, 1.807) is 50.2 Å². The average molecular weight is 505 g/mol. The van der Waals surface area contributed by atoms with E-state index in [2.05, 4.69) is 0 Å². The Hall–Kier alpha value is -1.82. The van der Waals surface area contributed by atoms with Crippen LogP contribution in [0.5, 0.6) is 0 Å². The Labute approximate surface area is 197 Å². The smallest absolute Gasteiger partial charge is 0.296 e. The Morgan fingerprint density at radius 3 is 1.45 bits per heavy atom. The minimum absolute atomic E-state index is 0.00607. The third kappa shape index (κ3) is 14.8. The van der Waals surface area contributed by atoms with E-state index in [0.717, 1.165) is 11.1 Å². The fourth-order valence-corrected chi connectivity index (χ4v) is 3.63. The molecule has 0 amide bonds. The van der Waals surface area contributed by atoms with Gasteiger partial charge in [0.1, 0.15) is 0 Å². The van der Waals surface area contributed by atoms with E-state index < -0.39 is 26.1 Å². The van der Waals surface area contributed by atoms with Crippen molar-refractivity contribution < 1.29 is 36.3 Å². The molecule has 2 aromatic rings. The molecule has 0 saturated carbocycles. The van der Waals surface area contributed by atoms with Gasteiger partial charge in [-0.25, -0.2) is 8.42 Å². The number of hydrogen-bond acceptors (Lipinski definition) is 8. The van der Waals surface area contributed by atoms with E-state index in [0.29, 0.717) is 17.7 Å². The number of rotatable bonds is 8. The maximum Gasteiger partial charge on any atom is 0.296 e. The normalized spacial score (nSPS) is 13.1. The van der Waals surface area contributed by atoms with Crippen LogP contribution in [0.15, 0.2) is 58.3 Å². The minimum atomic E-state index is -3.68. The standard InChI is InChI=1S/C11H16O4S.C8H10O2S.C4H10O2/c1-9-3-5-11(6-4-9)16(13,14)15-8-7-10(2)12;1-7-3-5-8(6-4-7)11(2,9)10;1-4(6)2-3-5/h3-6,10,12H,7-8H2,1-2H3;3-6H,1-2H3;4-6H,2-3H2,1H3/t10-;;4-/m1.1/s1. The molecule has 0 aromatic heterocycles. The van der Waals surface area contributed by atoms with Crippen LogP contribution in [0.1, 0.15) is 37.8 Å². The number of benzene rings is 2. The van der Waals surface area contributed by atoms with E-state index >= 15 is 0 Å². The highest BCUT2D eigenvalue weighted by atomic mass is 32.2. The Kier molecular flexibility index (Phi) is 14.3. The molecule has 0 heterocycles. The van der Waals surface area contributed by atoms with Crippen LogP contribution in [-0.2, 0) is 24.1 Å². The molecular weight excluding hydrogens is 468 g/mol. The van der Waals surface area contributed by atoms with Crippen molar-refractivity contribution in [3.63, 3.8) is 0 Å². The lowest BCUT2D eigenvalue weighted by atomic mass is 10.2. The highest BCUT2D eigenvalue weighted by molar-refractivity contribution is 7.90. The first kappa shape index (κ1) is 31.2. The summed E-state index contributed by atoms with van der Waals surface area (Å²) in [6, 6.07) is 13.2. The maximum atomic E-state index is 11.6. The molecule has 0 saturated heterocycles. The number of aryl methyl sites for hydroxylation is 2. The average Bonchev–Trinajstić information content (AvgIpc) is 2.68. The predicted octanol–water partition coefficient (Wildman–Crippen LogP) is 2.62. The number of aliphatic hydroxyl groups excluding tert-OH is 3. The summed E-state index contributed by atoms with van der Waals surface area (Å²) in [5.41, 5.74) is 2.06. The molecule has 33 heavy (non-hydrogen) atoms. The van der Waals surface area contributed by atoms with E-state index in [9.17, 15) is 16.8 Å². The van der Waals surface area contributed by atoms with Crippen molar-refractivity contribution in [1.82, 2.24) is 0 Å². The summed E-state index contributed by atoms with van der Waals surface area (Å²) in [6.07, 6.45) is 1.08. The summed E-state index contributed by atoms with van der Waals surface area (Å²) in [5.74, 6) is 0. The molecule has 2 atom stereocenters. The molecule has 3 N–H and O–H groups in total. The van der Waals surface area contributed by atoms with Crippen molar-refractivity contribution in [3.8, 4) is 0 Å². The van der Waals surface area contributed by atoms with Gasteiger partial charge >= 0.3 is 0 Å². The Balaban J connectivity index is 0.000000520. The van der Waals surface area contributed by atoms with E-state index in [1.807, 2.05) is 13.8 Å². The van der Waals surface area contributed by atoms with Gasteiger partial charge in [0, 0.05) is 12.9 Å². The minimum Gasteiger partial charge on any atom is -0.396 e. The monoisotopic (exact) mass is 504 g/mol. The Morgan fingerprint density at radius 1 is 0.758 bits per heavy atom. The van der Waals surface area contributed by atoms with Crippen LogP contribution in [0, 0.1) is 13.8 Å². The van der Waals surface area contributed by atoms with Crippen molar-refractivity contribution in [3.05, 3.63) is 59.7 Å². The molecule has 0 spiro atoms. The van der Waals surface area contributed by atoms with Gasteiger partial charge < -0.3 is 15.3 Å². The predicted molar refractivity (Wildman–Crippen MR) is 128 cm³/mol. The fraction of sp³-hybridized carbons (Fsp3) is 0.478. The van der Waals surface area contributed by atoms with E-state index in [-0.39, 0.29) is 24.2 Å². The van der Waals surface area contributed by atoms with Crippen LogP contribution < -0.4 is 0 Å². The third-order valence-electron chi connectivity index (χ3n) is 4.08. The molecule has 188 valence electrons. The van der Waals surface area contributed by atoms with Gasteiger partial charge in [-0.15, -0.1) is 0 Å². The number of sulfone groups is 1. The lowest BCUT2D eigenvalue weighted by Gasteiger charge is -2.07. The topological polar surface area (TPSA) is 138 Å². The number of aliphatic hydroxyl groups is 3. The molecular formula is C23H36O8S2. The summed E-state index contributed by atoms with van der Waals surface area (Å²) >= 11 is 0. The highest BCUT2D eigenvalue weighted by Gasteiger charge is 2.14. The lowest BCUT2D eigenvalue weighted by Crippen LogP contribution is -2.11. The zero-order chi connectivity index (χ0) is 25.7. The van der Waals surface area contributed by atoms with Crippen molar-refractivity contribution in [2.24, 2.45) is 0 Å². The molecule has 0 bridgehead atoms. The van der Waals surface area contributed by atoms with E-state index in [4.69, 9.17) is 19.5 Å². The fourth-order valence-electron chi connectivity index (χ4n) is 2.07. The second-order valence-electron chi connectivity index (χ2n) is 7.67. The quantitative estimate of drug-likeness (QED) is 0.467. The zero-order valence-electron chi connectivity index (χ0n) is 19.8. The molecule has 0 unspecified atom stereocenters. The molecule has 10 heteroatoms. The van der Waals surface area contributed by atoms with Crippen LogP contribution in [-0.4, -0.2) is 63.8 Å². The van der Waals surface area contributed by atoms with E-state index in [1.165, 1.54) is 18.4 Å². The second-order valence-corrected chi connectivity index (χ2v) is 11.3. The second kappa shape index (κ2) is 15.2. The van der Waals surface area contributed by atoms with Gasteiger partial charge in [-0.2, -0.15) is 8.42 Å². The van der Waals surface area contributed by atoms with Crippen LogP contribution in [0.3, 0.4) is 0 Å². The summed E-state index contributed by atoms with van der Waals surface area (Å²) < 4.78 is 49.9. The van der Waals surface area contributed by atoms with Gasteiger partial charge in [0.05, 0.1) is 28.6 Å². The van der Waals surface area contributed by atoms with Crippen LogP contribution in [0.25, 0.3) is 0 Å². The Bertz CT molecular complexity index is 995. The molecule has 0 radical (unpaired) electrons. The van der Waals surface area contributed by atoms with Gasteiger partial charge in [-0.1, -0.05) is 35.4 Å². The summed E-state index contributed by atoms with van der Waals surface area (Å²) in [7, 11) is -6.70. The van der Waals surface area contributed by atoms with Crippen molar-refractivity contribution >= 4 is 20.0 Å². The lowest BCUT2D eigenvalue weighted by molar-refractivity contribution is 0.148. The van der Waals surface area contributed by atoms with Gasteiger partial charge in [-0.3, -0.25) is 4.18 Å². The molecule has 2 aromatic carbocycles. The largest absolute Gasteiger partial charge is 0.396 e. The summed E-state index contributed by atoms with van der Waals surface area (Å²) in [4.78, 5) is 0.520. The van der Waals surface area contributed by atoms with Crippen molar-refractivity contribution in [1.29, 1.82) is 0 Å². The first-order valence-corrected chi connectivity index (χ1v) is 13.7. The maximum absolute atomic E-state index is 11.6. The van der Waals surface area contributed by atoms with Crippen molar-refractivity contribution in [2.45, 2.75) is 62.5 Å². The van der Waals surface area contributed by atoms with Gasteiger partial charge in [0.15, 0.2) is 9.84 Å². The molecule has 0 fully saturated rings. The molecule has 2 rings (SSSR count). The summed E-state index contributed by atoms with van der Waals surface area (Å²) in [6.45, 7) is 7.11. The van der Waals surface area contributed by atoms with Gasteiger partial charge in [0.2, 0.25) is 0 Å². The Morgan fingerprint density at radius 2 is 1.15 bits per heavy atom. The van der Waals surface area contributed by atoms with Gasteiger partial charge in [-0.05, 0) is 64.8 Å². The molecule has 0 aliphatic rings. The first-order chi connectivity index (χ1) is 15.2. The number of hydrogen-bond donors (Lipinski definition) is 3. The van der Waals surface area contributed by atoms with Crippen LogP contribution in [0.2, 0.25) is 0 Å². The van der Waals surface area contributed by atoms with Crippen LogP contribution in [0.4, 0.5) is 0 Å². The third-order valence-corrected chi connectivity index (χ3v) is 6.53. The molecule has 0 aliphatic carbocycles. The van der Waals surface area contributed by atoms with Gasteiger partial charge in [0.25, 0.3) is 10.1 Å². The molecule has 8 nitrogen and oxygen atoms in total. The summed E-state index contributed by atoms with van der Waals surface area (Å²) in [5, 5.41) is 25.5. The zero-order valence-corrected chi connectivity index (χ0v) is 21.4. The first-order valence-electron chi connectivity index (χ1n) is 10.4. The molecule has 0 aliphatic heterocycles. The SMILES string of the molecule is C[C@@H](O)CCO.Cc1ccc(S(=O)(=O)OCC[C@@H](C)O)cc1.Cc1ccc(S(C)(=O)=O)cc1.